The summed E-state index contributed by atoms with van der Waals surface area (Å²) in [4.78, 5) is 15.9. The molecular weight excluding hydrogens is 398 g/mol. The first-order chi connectivity index (χ1) is 14.6. The fourth-order valence-corrected chi connectivity index (χ4v) is 4.70. The van der Waals surface area contributed by atoms with Gasteiger partial charge in [-0.3, -0.25) is 0 Å². The van der Waals surface area contributed by atoms with Crippen molar-refractivity contribution in [1.29, 1.82) is 0 Å². The van der Waals surface area contributed by atoms with Gasteiger partial charge in [-0.2, -0.15) is 0 Å². The zero-order valence-electron chi connectivity index (χ0n) is 15.9. The van der Waals surface area contributed by atoms with E-state index in [2.05, 4.69) is 24.7 Å². The Morgan fingerprint density at radius 2 is 1.37 bits per heavy atom. The molecular formula is C22H19N5O2S. The van der Waals surface area contributed by atoms with Crippen LogP contribution in [-0.2, 0) is 16.4 Å². The second kappa shape index (κ2) is 7.40. The molecule has 5 rings (SSSR count). The first-order valence-corrected chi connectivity index (χ1v) is 11.0. The number of hydrogen-bond donors (Lipinski definition) is 3. The SMILES string of the molecule is O=S(=O)(N[C@H](Cc1nc2ccccc2[nH]1)c1nc2ccccc2[nH]1)c1ccccc1. The molecule has 3 aromatic carbocycles. The Morgan fingerprint density at radius 3 is 2.03 bits per heavy atom. The second-order valence-electron chi connectivity index (χ2n) is 7.03. The normalized spacial score (nSPS) is 13.1. The van der Waals surface area contributed by atoms with Gasteiger partial charge in [0.1, 0.15) is 11.6 Å². The maximum absolute atomic E-state index is 13.0. The van der Waals surface area contributed by atoms with Gasteiger partial charge in [0.15, 0.2) is 0 Å². The van der Waals surface area contributed by atoms with Crippen LogP contribution in [0, 0.1) is 0 Å². The molecule has 2 aromatic heterocycles. The highest BCUT2D eigenvalue weighted by Crippen LogP contribution is 2.22. The smallest absolute Gasteiger partial charge is 0.241 e. The van der Waals surface area contributed by atoms with Crippen molar-refractivity contribution in [3.63, 3.8) is 0 Å². The number of imidazole rings is 2. The standard InChI is InChI=1S/C22H19N5O2S/c28-30(29,15-8-2-1-3-9-15)27-20(22-25-18-12-6-7-13-19(18)26-22)14-21-23-16-10-4-5-11-17(16)24-21/h1-13,20,27H,14H2,(H,23,24)(H,25,26)/t20-/m1/s1. The maximum atomic E-state index is 13.0. The molecule has 0 spiro atoms. The lowest BCUT2D eigenvalue weighted by Crippen LogP contribution is -2.31. The fraction of sp³-hybridized carbons (Fsp3) is 0.0909. The van der Waals surface area contributed by atoms with Gasteiger partial charge in [-0.15, -0.1) is 0 Å². The predicted molar refractivity (Wildman–Crippen MR) is 115 cm³/mol. The van der Waals surface area contributed by atoms with Crippen LogP contribution in [-0.4, -0.2) is 28.4 Å². The minimum Gasteiger partial charge on any atom is -0.342 e. The maximum Gasteiger partial charge on any atom is 0.241 e. The lowest BCUT2D eigenvalue weighted by Gasteiger charge is -2.16. The van der Waals surface area contributed by atoms with Crippen LogP contribution >= 0.6 is 0 Å². The van der Waals surface area contributed by atoms with E-state index in [0.29, 0.717) is 18.1 Å². The zero-order chi connectivity index (χ0) is 20.6. The van der Waals surface area contributed by atoms with Crippen LogP contribution in [0.3, 0.4) is 0 Å². The molecule has 0 radical (unpaired) electrons. The number of para-hydroxylation sites is 4. The molecule has 0 aliphatic carbocycles. The summed E-state index contributed by atoms with van der Waals surface area (Å²) < 4.78 is 28.8. The summed E-state index contributed by atoms with van der Waals surface area (Å²) in [6.45, 7) is 0. The van der Waals surface area contributed by atoms with Gasteiger partial charge in [0.05, 0.1) is 33.0 Å². The Kier molecular flexibility index (Phi) is 4.57. The van der Waals surface area contributed by atoms with Gasteiger partial charge in [-0.1, -0.05) is 42.5 Å². The van der Waals surface area contributed by atoms with Crippen molar-refractivity contribution in [3.8, 4) is 0 Å². The van der Waals surface area contributed by atoms with E-state index >= 15 is 0 Å². The summed E-state index contributed by atoms with van der Waals surface area (Å²) in [7, 11) is -3.75. The topological polar surface area (TPSA) is 104 Å². The number of aromatic nitrogens is 4. The third kappa shape index (κ3) is 3.58. The van der Waals surface area contributed by atoms with E-state index < -0.39 is 16.1 Å². The highest BCUT2D eigenvalue weighted by Gasteiger charge is 2.25. The number of H-pyrrole nitrogens is 2. The number of fused-ring (bicyclic) bond motifs is 2. The van der Waals surface area contributed by atoms with E-state index in [1.54, 1.807) is 30.3 Å². The van der Waals surface area contributed by atoms with E-state index in [1.165, 1.54) is 0 Å². The summed E-state index contributed by atoms with van der Waals surface area (Å²) >= 11 is 0. The number of sulfonamides is 1. The Morgan fingerprint density at radius 1 is 0.767 bits per heavy atom. The number of benzene rings is 3. The summed E-state index contributed by atoms with van der Waals surface area (Å²) in [6.07, 6.45) is 0.320. The van der Waals surface area contributed by atoms with Crippen LogP contribution in [0.4, 0.5) is 0 Å². The molecule has 0 aliphatic rings. The average Bonchev–Trinajstić information content (AvgIpc) is 3.37. The van der Waals surface area contributed by atoms with Crippen molar-refractivity contribution in [2.75, 3.05) is 0 Å². The van der Waals surface area contributed by atoms with Gasteiger partial charge < -0.3 is 9.97 Å². The largest absolute Gasteiger partial charge is 0.342 e. The molecule has 0 bridgehead atoms. The molecule has 30 heavy (non-hydrogen) atoms. The molecule has 0 amide bonds. The fourth-order valence-electron chi connectivity index (χ4n) is 3.48. The average molecular weight is 417 g/mol. The molecule has 0 fully saturated rings. The zero-order valence-corrected chi connectivity index (χ0v) is 16.7. The predicted octanol–water partition coefficient (Wildman–Crippen LogP) is 3.70. The van der Waals surface area contributed by atoms with Gasteiger partial charge in [0.25, 0.3) is 0 Å². The first-order valence-electron chi connectivity index (χ1n) is 9.54. The van der Waals surface area contributed by atoms with Crippen molar-refractivity contribution in [1.82, 2.24) is 24.7 Å². The van der Waals surface area contributed by atoms with E-state index in [4.69, 9.17) is 0 Å². The van der Waals surface area contributed by atoms with E-state index in [-0.39, 0.29) is 4.90 Å². The summed E-state index contributed by atoms with van der Waals surface area (Å²) in [5.41, 5.74) is 3.37. The highest BCUT2D eigenvalue weighted by molar-refractivity contribution is 7.89. The molecule has 0 unspecified atom stereocenters. The molecule has 2 heterocycles. The lowest BCUT2D eigenvalue weighted by atomic mass is 10.2. The monoisotopic (exact) mass is 417 g/mol. The quantitative estimate of drug-likeness (QED) is 0.392. The Labute approximate surface area is 173 Å². The first kappa shape index (κ1) is 18.5. The molecule has 1 atom stereocenters. The van der Waals surface area contributed by atoms with E-state index in [0.717, 1.165) is 22.1 Å². The third-order valence-corrected chi connectivity index (χ3v) is 6.41. The van der Waals surface area contributed by atoms with Crippen molar-refractivity contribution >= 4 is 32.1 Å². The number of nitrogens with zero attached hydrogens (tertiary/aromatic N) is 2. The molecule has 0 saturated carbocycles. The Balaban J connectivity index is 1.54. The molecule has 5 aromatic rings. The van der Waals surface area contributed by atoms with Gasteiger partial charge in [0, 0.05) is 6.42 Å². The van der Waals surface area contributed by atoms with E-state index in [1.807, 2.05) is 48.5 Å². The second-order valence-corrected chi connectivity index (χ2v) is 8.74. The molecule has 150 valence electrons. The number of rotatable bonds is 6. The molecule has 3 N–H and O–H groups in total. The van der Waals surface area contributed by atoms with Gasteiger partial charge in [0.2, 0.25) is 10.0 Å². The van der Waals surface area contributed by atoms with Crippen molar-refractivity contribution in [3.05, 3.63) is 90.5 Å². The number of hydrogen-bond acceptors (Lipinski definition) is 4. The van der Waals surface area contributed by atoms with Crippen molar-refractivity contribution in [2.45, 2.75) is 17.4 Å². The van der Waals surface area contributed by atoms with Gasteiger partial charge in [-0.25, -0.2) is 23.1 Å². The van der Waals surface area contributed by atoms with Crippen LogP contribution in [0.15, 0.2) is 83.8 Å². The lowest BCUT2D eigenvalue weighted by molar-refractivity contribution is 0.541. The van der Waals surface area contributed by atoms with Crippen molar-refractivity contribution in [2.24, 2.45) is 0 Å². The number of nitrogens with one attached hydrogen (secondary N) is 3. The molecule has 0 saturated heterocycles. The van der Waals surface area contributed by atoms with Gasteiger partial charge >= 0.3 is 0 Å². The third-order valence-electron chi connectivity index (χ3n) is 4.92. The summed E-state index contributed by atoms with van der Waals surface area (Å²) in [5.74, 6) is 1.22. The summed E-state index contributed by atoms with van der Waals surface area (Å²) in [5, 5.41) is 0. The summed E-state index contributed by atoms with van der Waals surface area (Å²) in [6, 6.07) is 23.0. The Hall–Kier alpha value is -3.49. The highest BCUT2D eigenvalue weighted by atomic mass is 32.2. The molecule has 7 nitrogen and oxygen atoms in total. The van der Waals surface area contributed by atoms with Crippen LogP contribution < -0.4 is 4.72 Å². The number of aromatic amines is 2. The van der Waals surface area contributed by atoms with Crippen LogP contribution in [0.5, 0.6) is 0 Å². The Bertz CT molecular complexity index is 1360. The van der Waals surface area contributed by atoms with Crippen molar-refractivity contribution < 1.29 is 8.42 Å². The molecule has 8 heteroatoms. The van der Waals surface area contributed by atoms with Gasteiger partial charge in [-0.05, 0) is 36.4 Å². The minimum absolute atomic E-state index is 0.204. The van der Waals surface area contributed by atoms with Crippen LogP contribution in [0.25, 0.3) is 22.1 Å². The molecule has 0 aliphatic heterocycles. The van der Waals surface area contributed by atoms with Crippen LogP contribution in [0.2, 0.25) is 0 Å². The van der Waals surface area contributed by atoms with Crippen LogP contribution in [0.1, 0.15) is 17.7 Å². The minimum atomic E-state index is -3.75. The van der Waals surface area contributed by atoms with E-state index in [9.17, 15) is 8.42 Å².